The number of aliphatic hydroxyl groups excluding tert-OH is 2. The minimum atomic E-state index is 0.0318. The number of aliphatic hydroxyl groups is 2. The molecule has 0 radical (unpaired) electrons. The number of benzene rings is 4. The minimum absolute atomic E-state index is 0.0318. The summed E-state index contributed by atoms with van der Waals surface area (Å²) in [5.41, 5.74) is 2.70. The molecular weight excluding hydrogens is 416 g/mol. The number of hydrogen-bond acceptors (Lipinski definition) is 2. The van der Waals surface area contributed by atoms with Crippen molar-refractivity contribution < 1.29 is 10.2 Å². The van der Waals surface area contributed by atoms with E-state index in [9.17, 15) is 10.2 Å². The van der Waals surface area contributed by atoms with Gasteiger partial charge >= 0.3 is 0 Å². The maximum absolute atomic E-state index is 9.74. The first-order valence-corrected chi connectivity index (χ1v) is 12.9. The van der Waals surface area contributed by atoms with Gasteiger partial charge < -0.3 is 10.2 Å². The van der Waals surface area contributed by atoms with Crippen LogP contribution in [0, 0.1) is 0 Å². The first-order valence-electron chi connectivity index (χ1n) is 12.9. The van der Waals surface area contributed by atoms with E-state index >= 15 is 0 Å². The van der Waals surface area contributed by atoms with Crippen molar-refractivity contribution in [3.63, 3.8) is 0 Å². The van der Waals surface area contributed by atoms with Crippen LogP contribution in [0.2, 0.25) is 0 Å². The second-order valence-electron chi connectivity index (χ2n) is 10.4. The molecule has 0 unspecified atom stereocenters. The van der Waals surface area contributed by atoms with Crippen molar-refractivity contribution in [2.75, 3.05) is 13.2 Å². The molecule has 2 aliphatic rings. The summed E-state index contributed by atoms with van der Waals surface area (Å²) in [5, 5.41) is 24.6. The van der Waals surface area contributed by atoms with Gasteiger partial charge in [0.15, 0.2) is 0 Å². The fourth-order valence-corrected chi connectivity index (χ4v) is 6.22. The van der Waals surface area contributed by atoms with E-state index in [1.165, 1.54) is 58.4 Å². The zero-order valence-electron chi connectivity index (χ0n) is 20.0. The molecule has 0 saturated heterocycles. The average molecular weight is 453 g/mol. The van der Waals surface area contributed by atoms with Crippen molar-refractivity contribution in [3.05, 3.63) is 96.1 Å². The second-order valence-corrected chi connectivity index (χ2v) is 10.4. The zero-order chi connectivity index (χ0) is 23.4. The van der Waals surface area contributed by atoms with Crippen molar-refractivity contribution in [3.8, 4) is 0 Å². The van der Waals surface area contributed by atoms with Crippen molar-refractivity contribution in [2.24, 2.45) is 0 Å². The van der Waals surface area contributed by atoms with Crippen LogP contribution in [-0.2, 0) is 10.8 Å². The lowest BCUT2D eigenvalue weighted by atomic mass is 9.79. The molecule has 0 aliphatic heterocycles. The monoisotopic (exact) mass is 452 g/mol. The highest BCUT2D eigenvalue weighted by atomic mass is 16.3. The van der Waals surface area contributed by atoms with Gasteiger partial charge in [0, 0.05) is 10.8 Å². The molecular formula is C32H36O2. The van der Waals surface area contributed by atoms with Crippen LogP contribution in [0.15, 0.2) is 84.9 Å². The van der Waals surface area contributed by atoms with Crippen LogP contribution in [-0.4, -0.2) is 23.4 Å². The Morgan fingerprint density at radius 3 is 1.18 bits per heavy atom. The number of rotatable bonds is 4. The van der Waals surface area contributed by atoms with Crippen LogP contribution in [0.3, 0.4) is 0 Å². The Bertz CT molecular complexity index is 1150. The van der Waals surface area contributed by atoms with Gasteiger partial charge in [-0.3, -0.25) is 0 Å². The predicted molar refractivity (Wildman–Crippen MR) is 142 cm³/mol. The number of fused-ring (bicyclic) bond motifs is 2. The second kappa shape index (κ2) is 9.90. The molecule has 4 aromatic carbocycles. The van der Waals surface area contributed by atoms with E-state index in [0.29, 0.717) is 0 Å². The summed E-state index contributed by atoms with van der Waals surface area (Å²) >= 11 is 0. The fourth-order valence-electron chi connectivity index (χ4n) is 6.22. The van der Waals surface area contributed by atoms with Crippen LogP contribution >= 0.6 is 0 Å². The lowest BCUT2D eigenvalue weighted by molar-refractivity contribution is 0.196. The summed E-state index contributed by atoms with van der Waals surface area (Å²) in [5.74, 6) is 0. The largest absolute Gasteiger partial charge is 0.395 e. The number of hydrogen-bond donors (Lipinski definition) is 2. The van der Waals surface area contributed by atoms with Gasteiger partial charge in [-0.05, 0) is 58.4 Å². The summed E-state index contributed by atoms with van der Waals surface area (Å²) in [6.45, 7) is 0.566. The van der Waals surface area contributed by atoms with Crippen molar-refractivity contribution in [1.82, 2.24) is 0 Å². The molecule has 2 heteroatoms. The Morgan fingerprint density at radius 1 is 0.471 bits per heavy atom. The van der Waals surface area contributed by atoms with E-state index in [1.54, 1.807) is 0 Å². The first-order chi connectivity index (χ1) is 16.7. The fraction of sp³-hybridized carbons (Fsp3) is 0.375. The topological polar surface area (TPSA) is 40.5 Å². The van der Waals surface area contributed by atoms with Gasteiger partial charge in [-0.25, -0.2) is 0 Å². The maximum atomic E-state index is 9.74. The van der Waals surface area contributed by atoms with Gasteiger partial charge in [0.1, 0.15) is 0 Å². The maximum Gasteiger partial charge on any atom is 0.0527 e. The quantitative estimate of drug-likeness (QED) is 0.341. The summed E-state index contributed by atoms with van der Waals surface area (Å²) < 4.78 is 0. The Hall–Kier alpha value is -2.68. The predicted octanol–water partition coefficient (Wildman–Crippen LogP) is 7.29. The van der Waals surface area contributed by atoms with Crippen molar-refractivity contribution in [2.45, 2.75) is 62.2 Å². The van der Waals surface area contributed by atoms with E-state index in [1.807, 2.05) is 0 Å². The van der Waals surface area contributed by atoms with Gasteiger partial charge in [0.25, 0.3) is 0 Å². The Morgan fingerprint density at radius 2 is 0.824 bits per heavy atom. The molecule has 0 atom stereocenters. The molecule has 0 amide bonds. The smallest absolute Gasteiger partial charge is 0.0527 e. The van der Waals surface area contributed by atoms with Gasteiger partial charge in [0.2, 0.25) is 0 Å². The Kier molecular flexibility index (Phi) is 6.72. The molecule has 0 heterocycles. The summed E-state index contributed by atoms with van der Waals surface area (Å²) in [4.78, 5) is 0. The third-order valence-electron chi connectivity index (χ3n) is 8.45. The van der Waals surface area contributed by atoms with Crippen molar-refractivity contribution in [1.29, 1.82) is 0 Å². The highest BCUT2D eigenvalue weighted by molar-refractivity contribution is 5.84. The van der Waals surface area contributed by atoms with Gasteiger partial charge in [-0.1, -0.05) is 111 Å². The first kappa shape index (κ1) is 23.1. The summed E-state index contributed by atoms with van der Waals surface area (Å²) in [6, 6.07) is 30.1. The third kappa shape index (κ3) is 4.37. The minimum Gasteiger partial charge on any atom is -0.395 e. The van der Waals surface area contributed by atoms with E-state index < -0.39 is 0 Å². The normalized spacial score (nSPS) is 18.6. The van der Waals surface area contributed by atoms with E-state index in [-0.39, 0.29) is 24.0 Å². The Labute approximate surface area is 203 Å². The molecule has 2 nitrogen and oxygen atoms in total. The molecule has 4 aromatic rings. The van der Waals surface area contributed by atoms with E-state index in [2.05, 4.69) is 84.9 Å². The molecule has 2 aliphatic carbocycles. The molecule has 2 N–H and O–H groups in total. The van der Waals surface area contributed by atoms with Crippen LogP contribution in [0.4, 0.5) is 0 Å². The third-order valence-corrected chi connectivity index (χ3v) is 8.45. The van der Waals surface area contributed by atoms with Crippen LogP contribution in [0.1, 0.15) is 62.5 Å². The molecule has 0 spiro atoms. The molecule has 2 saturated carbocycles. The lowest BCUT2D eigenvalue weighted by Gasteiger charge is -2.27. The molecule has 6 rings (SSSR count). The molecule has 0 bridgehead atoms. The van der Waals surface area contributed by atoms with Gasteiger partial charge in [-0.15, -0.1) is 0 Å². The van der Waals surface area contributed by atoms with Crippen LogP contribution in [0.25, 0.3) is 21.5 Å². The standard InChI is InChI=1S/2C16H18O/c2*17-12-16(9-3-4-10-16)15-8-7-13-5-1-2-6-14(13)11-15/h2*1-2,5-8,11,17H,3-4,9-10,12H2. The van der Waals surface area contributed by atoms with Gasteiger partial charge in [0.05, 0.1) is 13.2 Å². The highest BCUT2D eigenvalue weighted by Gasteiger charge is 2.35. The van der Waals surface area contributed by atoms with Crippen molar-refractivity contribution >= 4 is 21.5 Å². The highest BCUT2D eigenvalue weighted by Crippen LogP contribution is 2.42. The van der Waals surface area contributed by atoms with Crippen LogP contribution < -0.4 is 0 Å². The van der Waals surface area contributed by atoms with Gasteiger partial charge in [-0.2, -0.15) is 0 Å². The molecule has 176 valence electrons. The van der Waals surface area contributed by atoms with E-state index in [0.717, 1.165) is 25.7 Å². The average Bonchev–Trinajstić information content (AvgIpc) is 3.60. The molecule has 0 aromatic heterocycles. The zero-order valence-corrected chi connectivity index (χ0v) is 20.0. The van der Waals surface area contributed by atoms with E-state index in [4.69, 9.17) is 0 Å². The lowest BCUT2D eigenvalue weighted by Crippen LogP contribution is -2.26. The Balaban J connectivity index is 0.000000142. The molecule has 2 fully saturated rings. The SMILES string of the molecule is OCC1(c2ccc3ccccc3c2)CCCC1.OCC1(c2ccc3ccccc3c2)CCCC1. The van der Waals surface area contributed by atoms with Crippen LogP contribution in [0.5, 0.6) is 0 Å². The summed E-state index contributed by atoms with van der Waals surface area (Å²) in [6.07, 6.45) is 9.48. The molecule has 34 heavy (non-hydrogen) atoms. The summed E-state index contributed by atoms with van der Waals surface area (Å²) in [7, 11) is 0.